The van der Waals surface area contributed by atoms with E-state index in [4.69, 9.17) is 38.4 Å². The third-order valence-electron chi connectivity index (χ3n) is 7.33. The minimum Gasteiger partial charge on any atom is -0.464 e. The molecule has 0 spiro atoms. The summed E-state index contributed by atoms with van der Waals surface area (Å²) >= 11 is 12.4. The van der Waals surface area contributed by atoms with Crippen LogP contribution >= 0.6 is 23.2 Å². The first-order valence-corrected chi connectivity index (χ1v) is 14.4. The highest BCUT2D eigenvalue weighted by molar-refractivity contribution is 6.30. The first-order valence-electron chi connectivity index (χ1n) is 13.6. The number of amides is 1. The minimum absolute atomic E-state index is 0.0653. The molecule has 1 aliphatic heterocycles. The largest absolute Gasteiger partial charge is 0.464 e. The SMILES string of the molecule is CC(C)(COC(=O)[C@@H](N)c1ccccc1)COC1(c2ccc(Cl)cc2)c2ccccc2C(=O)N1Cc1ccc(Cl)cc1. The molecule has 42 heavy (non-hydrogen) atoms. The average molecular weight is 604 g/mol. The Hall–Kier alpha value is -3.68. The van der Waals surface area contributed by atoms with E-state index in [2.05, 4.69) is 0 Å². The first-order chi connectivity index (χ1) is 20.1. The third kappa shape index (κ3) is 6.08. The molecule has 0 saturated carbocycles. The van der Waals surface area contributed by atoms with Crippen LogP contribution in [0.5, 0.6) is 0 Å². The molecule has 0 aromatic heterocycles. The molecule has 4 aromatic carbocycles. The predicted octanol–water partition coefficient (Wildman–Crippen LogP) is 7.14. The van der Waals surface area contributed by atoms with Gasteiger partial charge in [-0.15, -0.1) is 0 Å². The Kier molecular flexibility index (Phi) is 8.71. The lowest BCUT2D eigenvalue weighted by Crippen LogP contribution is -2.48. The zero-order chi connectivity index (χ0) is 29.9. The van der Waals surface area contributed by atoms with E-state index in [-0.39, 0.29) is 25.7 Å². The van der Waals surface area contributed by atoms with Gasteiger partial charge in [0.25, 0.3) is 5.91 Å². The van der Waals surface area contributed by atoms with E-state index in [0.717, 1.165) is 16.7 Å². The number of fused-ring (bicyclic) bond motifs is 1. The number of nitrogens with two attached hydrogens (primary N) is 1. The Bertz CT molecular complexity index is 1560. The van der Waals surface area contributed by atoms with E-state index in [1.54, 1.807) is 41.3 Å². The molecule has 1 amide bonds. The molecule has 4 aromatic rings. The lowest BCUT2D eigenvalue weighted by atomic mass is 9.91. The minimum atomic E-state index is -1.26. The zero-order valence-corrected chi connectivity index (χ0v) is 24.9. The Morgan fingerprint density at radius 2 is 1.45 bits per heavy atom. The summed E-state index contributed by atoms with van der Waals surface area (Å²) < 4.78 is 12.5. The van der Waals surface area contributed by atoms with Crippen LogP contribution in [0, 0.1) is 5.41 Å². The van der Waals surface area contributed by atoms with Crippen LogP contribution in [0.2, 0.25) is 10.0 Å². The van der Waals surface area contributed by atoms with Crippen LogP contribution in [0.1, 0.15) is 52.5 Å². The number of hydrogen-bond donors (Lipinski definition) is 1. The molecular weight excluding hydrogens is 571 g/mol. The molecule has 1 heterocycles. The molecule has 1 aliphatic rings. The lowest BCUT2D eigenvalue weighted by molar-refractivity contribution is -0.158. The normalized spacial score (nSPS) is 17.2. The number of esters is 1. The van der Waals surface area contributed by atoms with Gasteiger partial charge in [0.1, 0.15) is 6.04 Å². The van der Waals surface area contributed by atoms with Crippen molar-refractivity contribution < 1.29 is 19.1 Å². The zero-order valence-electron chi connectivity index (χ0n) is 23.4. The van der Waals surface area contributed by atoms with Crippen molar-refractivity contribution in [3.63, 3.8) is 0 Å². The van der Waals surface area contributed by atoms with Crippen LogP contribution in [0.15, 0.2) is 103 Å². The highest BCUT2D eigenvalue weighted by Gasteiger charge is 2.52. The van der Waals surface area contributed by atoms with E-state index in [1.807, 2.05) is 80.6 Å². The van der Waals surface area contributed by atoms with Gasteiger partial charge in [-0.2, -0.15) is 0 Å². The summed E-state index contributed by atoms with van der Waals surface area (Å²) in [4.78, 5) is 28.5. The second kappa shape index (κ2) is 12.3. The number of halogens is 2. The number of carbonyl (C=O) groups excluding carboxylic acids is 2. The Morgan fingerprint density at radius 1 is 0.857 bits per heavy atom. The van der Waals surface area contributed by atoms with Crippen molar-refractivity contribution in [2.45, 2.75) is 32.2 Å². The highest BCUT2D eigenvalue weighted by Crippen LogP contribution is 2.47. The summed E-state index contributed by atoms with van der Waals surface area (Å²) in [6.45, 7) is 4.37. The van der Waals surface area contributed by atoms with Gasteiger partial charge >= 0.3 is 5.97 Å². The fraction of sp³-hybridized carbons (Fsp3) is 0.235. The monoisotopic (exact) mass is 602 g/mol. The van der Waals surface area contributed by atoms with Crippen LogP contribution in [0.3, 0.4) is 0 Å². The number of rotatable bonds is 10. The Balaban J connectivity index is 1.46. The van der Waals surface area contributed by atoms with Gasteiger partial charge in [0.15, 0.2) is 5.72 Å². The molecule has 8 heteroatoms. The standard InChI is InChI=1S/C34H32Cl2N2O4/c1-33(2,21-41-32(40)30(37)24-8-4-3-5-9-24)22-42-34(25-14-18-27(36)19-15-25)29-11-7-6-10-28(29)31(39)38(34)20-23-12-16-26(35)17-13-23/h3-19,30H,20-22,37H2,1-2H3/t30-,34?/m0/s1. The van der Waals surface area contributed by atoms with E-state index in [9.17, 15) is 9.59 Å². The molecule has 0 radical (unpaired) electrons. The number of carbonyl (C=O) groups is 2. The van der Waals surface area contributed by atoms with Gasteiger partial charge in [0.2, 0.25) is 0 Å². The van der Waals surface area contributed by atoms with Crippen molar-refractivity contribution in [3.05, 3.63) is 141 Å². The van der Waals surface area contributed by atoms with E-state index in [0.29, 0.717) is 21.2 Å². The summed E-state index contributed by atoms with van der Waals surface area (Å²) in [5.74, 6) is -0.680. The first kappa shape index (κ1) is 29.8. The van der Waals surface area contributed by atoms with Crippen molar-refractivity contribution >= 4 is 35.1 Å². The van der Waals surface area contributed by atoms with Crippen LogP contribution in [-0.2, 0) is 26.5 Å². The van der Waals surface area contributed by atoms with Crippen molar-refractivity contribution in [2.24, 2.45) is 11.1 Å². The molecular formula is C34H32Cl2N2O4. The van der Waals surface area contributed by atoms with Crippen molar-refractivity contribution in [3.8, 4) is 0 Å². The third-order valence-corrected chi connectivity index (χ3v) is 7.83. The van der Waals surface area contributed by atoms with E-state index >= 15 is 0 Å². The van der Waals surface area contributed by atoms with Crippen molar-refractivity contribution in [2.75, 3.05) is 13.2 Å². The average Bonchev–Trinajstić information content (AvgIpc) is 3.24. The summed E-state index contributed by atoms with van der Waals surface area (Å²) in [7, 11) is 0. The van der Waals surface area contributed by atoms with E-state index < -0.39 is 23.2 Å². The van der Waals surface area contributed by atoms with Gasteiger partial charge in [-0.05, 0) is 41.5 Å². The molecule has 6 nitrogen and oxygen atoms in total. The second-order valence-corrected chi connectivity index (χ2v) is 12.0. The summed E-state index contributed by atoms with van der Waals surface area (Å²) in [6, 6.07) is 30.4. The van der Waals surface area contributed by atoms with E-state index in [1.165, 1.54) is 0 Å². The summed E-state index contributed by atoms with van der Waals surface area (Å²) in [6.07, 6.45) is 0. The summed E-state index contributed by atoms with van der Waals surface area (Å²) in [5.41, 5.74) is 7.86. The maximum absolute atomic E-state index is 14.0. The van der Waals surface area contributed by atoms with Gasteiger partial charge in [-0.25, -0.2) is 4.79 Å². The quantitative estimate of drug-likeness (QED) is 0.195. The molecule has 2 N–H and O–H groups in total. The van der Waals surface area contributed by atoms with Gasteiger partial charge < -0.3 is 15.2 Å². The fourth-order valence-electron chi connectivity index (χ4n) is 5.07. The molecule has 0 fully saturated rings. The number of hydrogen-bond acceptors (Lipinski definition) is 5. The van der Waals surface area contributed by atoms with Crippen LogP contribution in [0.4, 0.5) is 0 Å². The molecule has 0 bridgehead atoms. The highest BCUT2D eigenvalue weighted by atomic mass is 35.5. The maximum atomic E-state index is 14.0. The molecule has 0 aliphatic carbocycles. The summed E-state index contributed by atoms with van der Waals surface area (Å²) in [5, 5.41) is 1.18. The van der Waals surface area contributed by atoms with Gasteiger partial charge in [0, 0.05) is 38.7 Å². The number of nitrogens with zero attached hydrogens (tertiary/aromatic N) is 1. The number of benzene rings is 4. The topological polar surface area (TPSA) is 81.9 Å². The van der Waals surface area contributed by atoms with Gasteiger partial charge in [0.05, 0.1) is 13.2 Å². The number of ether oxygens (including phenoxy) is 2. The lowest BCUT2D eigenvalue weighted by Gasteiger charge is -2.41. The molecule has 0 saturated heterocycles. The van der Waals surface area contributed by atoms with Crippen LogP contribution < -0.4 is 5.73 Å². The van der Waals surface area contributed by atoms with Gasteiger partial charge in [-0.1, -0.05) is 110 Å². The second-order valence-electron chi connectivity index (χ2n) is 11.2. The molecule has 5 rings (SSSR count). The molecule has 1 unspecified atom stereocenters. The predicted molar refractivity (Wildman–Crippen MR) is 164 cm³/mol. The molecule has 2 atom stereocenters. The Labute approximate surface area is 256 Å². The smallest absolute Gasteiger partial charge is 0.327 e. The maximum Gasteiger partial charge on any atom is 0.327 e. The van der Waals surface area contributed by atoms with Gasteiger partial charge in [-0.3, -0.25) is 9.69 Å². The molecule has 216 valence electrons. The van der Waals surface area contributed by atoms with Crippen LogP contribution in [-0.4, -0.2) is 30.0 Å². The van der Waals surface area contributed by atoms with Crippen molar-refractivity contribution in [1.29, 1.82) is 0 Å². The van der Waals surface area contributed by atoms with Crippen LogP contribution in [0.25, 0.3) is 0 Å². The fourth-order valence-corrected chi connectivity index (χ4v) is 5.33. The van der Waals surface area contributed by atoms with Crippen molar-refractivity contribution in [1.82, 2.24) is 4.90 Å². The Morgan fingerprint density at radius 3 is 2.12 bits per heavy atom.